The van der Waals surface area contributed by atoms with E-state index in [0.717, 1.165) is 16.7 Å². The molecular formula is C25H26N2O3. The molecule has 5 heteroatoms. The monoisotopic (exact) mass is 402 g/mol. The highest BCUT2D eigenvalue weighted by Gasteiger charge is 2.19. The van der Waals surface area contributed by atoms with Gasteiger partial charge in [0.2, 0.25) is 0 Å². The highest BCUT2D eigenvalue weighted by Crippen LogP contribution is 2.30. The second-order valence-electron chi connectivity index (χ2n) is 7.98. The molecule has 0 atom stereocenters. The van der Waals surface area contributed by atoms with E-state index in [0.29, 0.717) is 11.3 Å². The Morgan fingerprint density at radius 2 is 1.37 bits per heavy atom. The summed E-state index contributed by atoms with van der Waals surface area (Å²) >= 11 is 0. The number of carbonyl (C=O) groups is 2. The largest absolute Gasteiger partial charge is 0.483 e. The number of carbonyl (C=O) groups excluding carboxylic acids is 2. The van der Waals surface area contributed by atoms with Gasteiger partial charge in [-0.2, -0.15) is 0 Å². The SMILES string of the molecule is CC(C)(C)c1ccccc1OCC(=O)NNC(=O)c1ccc(-c2ccccc2)cc1. The van der Waals surface area contributed by atoms with Crippen LogP contribution in [0.25, 0.3) is 11.1 Å². The quantitative estimate of drug-likeness (QED) is 0.618. The number of para-hydroxylation sites is 1. The fraction of sp³-hybridized carbons (Fsp3) is 0.200. The molecule has 0 heterocycles. The zero-order valence-corrected chi connectivity index (χ0v) is 17.4. The zero-order chi connectivity index (χ0) is 21.6. The van der Waals surface area contributed by atoms with Gasteiger partial charge in [0, 0.05) is 5.56 Å². The fourth-order valence-electron chi connectivity index (χ4n) is 3.03. The maximum Gasteiger partial charge on any atom is 0.276 e. The van der Waals surface area contributed by atoms with Crippen molar-refractivity contribution in [2.75, 3.05) is 6.61 Å². The van der Waals surface area contributed by atoms with Gasteiger partial charge in [-0.15, -0.1) is 0 Å². The van der Waals surface area contributed by atoms with Crippen LogP contribution in [0.2, 0.25) is 0 Å². The van der Waals surface area contributed by atoms with Crippen LogP contribution in [-0.4, -0.2) is 18.4 Å². The highest BCUT2D eigenvalue weighted by atomic mass is 16.5. The molecule has 3 aromatic rings. The minimum atomic E-state index is -0.437. The van der Waals surface area contributed by atoms with Gasteiger partial charge in [-0.25, -0.2) is 0 Å². The molecule has 2 amide bonds. The Morgan fingerprint density at radius 3 is 2.03 bits per heavy atom. The number of amides is 2. The molecule has 0 fully saturated rings. The molecule has 0 saturated heterocycles. The van der Waals surface area contributed by atoms with E-state index in [4.69, 9.17) is 4.74 Å². The van der Waals surface area contributed by atoms with E-state index >= 15 is 0 Å². The molecule has 2 N–H and O–H groups in total. The molecule has 0 aromatic heterocycles. The average Bonchev–Trinajstić information content (AvgIpc) is 2.76. The summed E-state index contributed by atoms with van der Waals surface area (Å²) in [7, 11) is 0. The third-order valence-electron chi connectivity index (χ3n) is 4.62. The third-order valence-corrected chi connectivity index (χ3v) is 4.62. The first-order valence-electron chi connectivity index (χ1n) is 9.81. The first kappa shape index (κ1) is 21.1. The summed E-state index contributed by atoms with van der Waals surface area (Å²) in [5.41, 5.74) is 8.27. The van der Waals surface area contributed by atoms with E-state index in [9.17, 15) is 9.59 Å². The zero-order valence-electron chi connectivity index (χ0n) is 17.4. The van der Waals surface area contributed by atoms with Gasteiger partial charge in [0.05, 0.1) is 0 Å². The summed E-state index contributed by atoms with van der Waals surface area (Å²) < 4.78 is 5.66. The lowest BCUT2D eigenvalue weighted by Crippen LogP contribution is -2.43. The number of nitrogens with one attached hydrogen (secondary N) is 2. The molecule has 0 bridgehead atoms. The van der Waals surface area contributed by atoms with Crippen molar-refractivity contribution in [1.82, 2.24) is 10.9 Å². The van der Waals surface area contributed by atoms with E-state index in [1.807, 2.05) is 66.7 Å². The Bertz CT molecular complexity index is 1010. The molecule has 3 rings (SSSR count). The second kappa shape index (κ2) is 9.27. The lowest BCUT2D eigenvalue weighted by atomic mass is 9.86. The molecule has 30 heavy (non-hydrogen) atoms. The van der Waals surface area contributed by atoms with Crippen LogP contribution in [0.5, 0.6) is 5.75 Å². The molecular weight excluding hydrogens is 376 g/mol. The number of hydrazine groups is 1. The molecule has 0 aliphatic rings. The van der Waals surface area contributed by atoms with Crippen LogP contribution in [0.4, 0.5) is 0 Å². The van der Waals surface area contributed by atoms with Crippen molar-refractivity contribution in [3.63, 3.8) is 0 Å². The molecule has 0 radical (unpaired) electrons. The van der Waals surface area contributed by atoms with Crippen LogP contribution < -0.4 is 15.6 Å². The Hall–Kier alpha value is -3.60. The minimum absolute atomic E-state index is 0.104. The first-order chi connectivity index (χ1) is 14.3. The Balaban J connectivity index is 1.52. The Kier molecular flexibility index (Phi) is 6.52. The predicted octanol–water partition coefficient (Wildman–Crippen LogP) is 4.49. The second-order valence-corrected chi connectivity index (χ2v) is 7.98. The fourth-order valence-corrected chi connectivity index (χ4v) is 3.03. The normalized spacial score (nSPS) is 10.9. The van der Waals surface area contributed by atoms with E-state index in [1.54, 1.807) is 12.1 Å². The number of hydrogen-bond acceptors (Lipinski definition) is 3. The van der Waals surface area contributed by atoms with Crippen molar-refractivity contribution in [2.45, 2.75) is 26.2 Å². The summed E-state index contributed by atoms with van der Waals surface area (Å²) in [6.45, 7) is 6.05. The summed E-state index contributed by atoms with van der Waals surface area (Å²) in [5.74, 6) is -0.172. The Labute approximate surface area is 177 Å². The Morgan fingerprint density at radius 1 is 0.767 bits per heavy atom. The molecule has 0 saturated carbocycles. The number of ether oxygens (including phenoxy) is 1. The molecule has 0 spiro atoms. The van der Waals surface area contributed by atoms with E-state index < -0.39 is 11.8 Å². The van der Waals surface area contributed by atoms with Gasteiger partial charge in [-0.3, -0.25) is 20.4 Å². The summed E-state index contributed by atoms with van der Waals surface area (Å²) in [6, 6.07) is 24.7. The number of hydrogen-bond donors (Lipinski definition) is 2. The summed E-state index contributed by atoms with van der Waals surface area (Å²) in [4.78, 5) is 24.4. The maximum atomic E-state index is 12.3. The molecule has 0 aliphatic carbocycles. The third kappa shape index (κ3) is 5.47. The molecule has 3 aromatic carbocycles. The van der Waals surface area contributed by atoms with E-state index in [2.05, 4.69) is 31.6 Å². The number of rotatable bonds is 5. The van der Waals surface area contributed by atoms with E-state index in [1.165, 1.54) is 0 Å². The molecule has 154 valence electrons. The van der Waals surface area contributed by atoms with Crippen molar-refractivity contribution in [3.8, 4) is 16.9 Å². The van der Waals surface area contributed by atoms with Crippen LogP contribution >= 0.6 is 0 Å². The van der Waals surface area contributed by atoms with Gasteiger partial charge in [0.1, 0.15) is 5.75 Å². The summed E-state index contributed by atoms with van der Waals surface area (Å²) in [6.07, 6.45) is 0. The first-order valence-corrected chi connectivity index (χ1v) is 9.81. The smallest absolute Gasteiger partial charge is 0.276 e. The van der Waals surface area contributed by atoms with Gasteiger partial charge >= 0.3 is 0 Å². The highest BCUT2D eigenvalue weighted by molar-refractivity contribution is 5.95. The van der Waals surface area contributed by atoms with Crippen molar-refractivity contribution in [2.24, 2.45) is 0 Å². The topological polar surface area (TPSA) is 67.4 Å². The van der Waals surface area contributed by atoms with Crippen LogP contribution in [0.1, 0.15) is 36.7 Å². The van der Waals surface area contributed by atoms with Gasteiger partial charge in [0.15, 0.2) is 6.61 Å². The van der Waals surface area contributed by atoms with Crippen molar-refractivity contribution < 1.29 is 14.3 Å². The van der Waals surface area contributed by atoms with Gasteiger partial charge in [-0.1, -0.05) is 81.4 Å². The summed E-state index contributed by atoms with van der Waals surface area (Å²) in [5, 5.41) is 0. The van der Waals surface area contributed by atoms with Crippen LogP contribution in [0, 0.1) is 0 Å². The van der Waals surface area contributed by atoms with Crippen LogP contribution in [-0.2, 0) is 10.2 Å². The molecule has 0 unspecified atom stereocenters. The standard InChI is InChI=1S/C25H26N2O3/c1-25(2,3)21-11-7-8-12-22(21)30-17-23(28)26-27-24(29)20-15-13-19(14-16-20)18-9-5-4-6-10-18/h4-16H,17H2,1-3H3,(H,26,28)(H,27,29). The van der Waals surface area contributed by atoms with Crippen molar-refractivity contribution >= 4 is 11.8 Å². The maximum absolute atomic E-state index is 12.3. The van der Waals surface area contributed by atoms with E-state index in [-0.39, 0.29) is 12.0 Å². The van der Waals surface area contributed by atoms with Gasteiger partial charge in [0.25, 0.3) is 11.8 Å². The predicted molar refractivity (Wildman–Crippen MR) is 118 cm³/mol. The van der Waals surface area contributed by atoms with Gasteiger partial charge < -0.3 is 4.74 Å². The van der Waals surface area contributed by atoms with Gasteiger partial charge in [-0.05, 0) is 40.3 Å². The molecule has 5 nitrogen and oxygen atoms in total. The minimum Gasteiger partial charge on any atom is -0.483 e. The lowest BCUT2D eigenvalue weighted by Gasteiger charge is -2.22. The van der Waals surface area contributed by atoms with Crippen LogP contribution in [0.3, 0.4) is 0 Å². The number of benzene rings is 3. The van der Waals surface area contributed by atoms with Crippen molar-refractivity contribution in [1.29, 1.82) is 0 Å². The average molecular weight is 402 g/mol. The molecule has 0 aliphatic heterocycles. The lowest BCUT2D eigenvalue weighted by molar-refractivity contribution is -0.123. The van der Waals surface area contributed by atoms with Crippen LogP contribution in [0.15, 0.2) is 78.9 Å². The van der Waals surface area contributed by atoms with Crippen molar-refractivity contribution in [3.05, 3.63) is 90.0 Å².